The zero-order valence-electron chi connectivity index (χ0n) is 9.20. The fourth-order valence-corrected chi connectivity index (χ4v) is 2.34. The summed E-state index contributed by atoms with van der Waals surface area (Å²) in [5, 5.41) is 0. The Labute approximate surface area is 86.1 Å². The van der Waals surface area contributed by atoms with Gasteiger partial charge in [-0.05, 0) is 25.9 Å². The highest BCUT2D eigenvalue weighted by molar-refractivity contribution is 5.79. The molecule has 0 aliphatic carbocycles. The first-order valence-electron chi connectivity index (χ1n) is 5.71. The number of hydrogen-bond acceptors (Lipinski definition) is 2. The van der Waals surface area contributed by atoms with Gasteiger partial charge in [-0.3, -0.25) is 9.69 Å². The summed E-state index contributed by atoms with van der Waals surface area (Å²) in [6, 6.07) is 0.667. The molecule has 3 heteroatoms. The number of hydrogen-bond donors (Lipinski definition) is 0. The summed E-state index contributed by atoms with van der Waals surface area (Å²) in [6.07, 6.45) is 2.68. The Bertz CT molecular complexity index is 215. The molecular weight excluding hydrogens is 176 g/mol. The van der Waals surface area contributed by atoms with Crippen molar-refractivity contribution in [2.75, 3.05) is 26.2 Å². The Morgan fingerprint density at radius 2 is 1.79 bits per heavy atom. The molecule has 3 nitrogen and oxygen atoms in total. The van der Waals surface area contributed by atoms with Gasteiger partial charge in [0, 0.05) is 25.0 Å². The molecule has 1 amide bonds. The standard InChI is InChI=1S/C11H20N2O/c1-9(2)11(14)13-7-10(8-13)12-5-3-4-6-12/h9-10H,3-8H2,1-2H3. The van der Waals surface area contributed by atoms with E-state index in [9.17, 15) is 4.79 Å². The largest absolute Gasteiger partial charge is 0.339 e. The Morgan fingerprint density at radius 1 is 1.21 bits per heavy atom. The number of carbonyl (C=O) groups excluding carboxylic acids is 1. The highest BCUT2D eigenvalue weighted by atomic mass is 16.2. The molecule has 2 aliphatic heterocycles. The van der Waals surface area contributed by atoms with E-state index in [1.54, 1.807) is 0 Å². The van der Waals surface area contributed by atoms with Crippen molar-refractivity contribution >= 4 is 5.91 Å². The highest BCUT2D eigenvalue weighted by Crippen LogP contribution is 2.21. The van der Waals surface area contributed by atoms with E-state index in [0.717, 1.165) is 13.1 Å². The van der Waals surface area contributed by atoms with Crippen molar-refractivity contribution in [2.24, 2.45) is 5.92 Å². The lowest BCUT2D eigenvalue weighted by Crippen LogP contribution is -2.61. The minimum absolute atomic E-state index is 0.162. The SMILES string of the molecule is CC(C)C(=O)N1CC(N2CCCC2)C1. The molecule has 14 heavy (non-hydrogen) atoms. The Morgan fingerprint density at radius 3 is 2.29 bits per heavy atom. The lowest BCUT2D eigenvalue weighted by molar-refractivity contribution is -0.141. The van der Waals surface area contributed by atoms with E-state index in [0.29, 0.717) is 11.9 Å². The molecular formula is C11H20N2O. The number of rotatable bonds is 2. The zero-order valence-corrected chi connectivity index (χ0v) is 9.20. The maximum absolute atomic E-state index is 11.6. The normalized spacial score (nSPS) is 24.4. The molecule has 0 aromatic rings. The van der Waals surface area contributed by atoms with Crippen LogP contribution in [-0.2, 0) is 4.79 Å². The topological polar surface area (TPSA) is 23.6 Å². The van der Waals surface area contributed by atoms with E-state index >= 15 is 0 Å². The van der Waals surface area contributed by atoms with Crippen molar-refractivity contribution in [1.82, 2.24) is 9.80 Å². The predicted octanol–water partition coefficient (Wildman–Crippen LogP) is 0.949. The molecule has 0 spiro atoms. The second-order valence-corrected chi connectivity index (χ2v) is 4.79. The smallest absolute Gasteiger partial charge is 0.225 e. The molecule has 0 aromatic carbocycles. The number of amides is 1. The van der Waals surface area contributed by atoms with Crippen LogP contribution in [0.15, 0.2) is 0 Å². The molecule has 2 fully saturated rings. The van der Waals surface area contributed by atoms with Gasteiger partial charge >= 0.3 is 0 Å². The van der Waals surface area contributed by atoms with Crippen LogP contribution in [0.3, 0.4) is 0 Å². The average Bonchev–Trinajstić information content (AvgIpc) is 2.54. The van der Waals surface area contributed by atoms with E-state index in [-0.39, 0.29) is 5.92 Å². The Kier molecular flexibility index (Phi) is 2.77. The molecule has 0 unspecified atom stereocenters. The number of likely N-dealkylation sites (tertiary alicyclic amines) is 2. The molecule has 2 saturated heterocycles. The molecule has 2 aliphatic rings. The summed E-state index contributed by atoms with van der Waals surface area (Å²) in [5.41, 5.74) is 0. The maximum atomic E-state index is 11.6. The fourth-order valence-electron chi connectivity index (χ4n) is 2.34. The summed E-state index contributed by atoms with van der Waals surface area (Å²) in [6.45, 7) is 8.38. The van der Waals surface area contributed by atoms with Crippen molar-refractivity contribution < 1.29 is 4.79 Å². The van der Waals surface area contributed by atoms with Crippen LogP contribution in [0.4, 0.5) is 0 Å². The first-order chi connectivity index (χ1) is 6.68. The summed E-state index contributed by atoms with van der Waals surface area (Å²) in [7, 11) is 0. The molecule has 2 rings (SSSR count). The molecule has 0 atom stereocenters. The summed E-state index contributed by atoms with van der Waals surface area (Å²) >= 11 is 0. The van der Waals surface area contributed by atoms with Crippen molar-refractivity contribution in [2.45, 2.75) is 32.7 Å². The molecule has 0 N–H and O–H groups in total. The maximum Gasteiger partial charge on any atom is 0.225 e. The van der Waals surface area contributed by atoms with Crippen molar-refractivity contribution in [3.63, 3.8) is 0 Å². The van der Waals surface area contributed by atoms with Gasteiger partial charge in [0.05, 0.1) is 0 Å². The summed E-state index contributed by atoms with van der Waals surface area (Å²) in [5.74, 6) is 0.481. The monoisotopic (exact) mass is 196 g/mol. The minimum atomic E-state index is 0.162. The van der Waals surface area contributed by atoms with Gasteiger partial charge < -0.3 is 4.90 Å². The first-order valence-corrected chi connectivity index (χ1v) is 5.71. The third-order valence-corrected chi connectivity index (χ3v) is 3.32. The van der Waals surface area contributed by atoms with Crippen molar-refractivity contribution in [1.29, 1.82) is 0 Å². The lowest BCUT2D eigenvalue weighted by Gasteiger charge is -2.44. The molecule has 0 bridgehead atoms. The molecule has 2 heterocycles. The second kappa shape index (κ2) is 3.89. The number of carbonyl (C=O) groups is 1. The molecule has 0 radical (unpaired) electrons. The first kappa shape index (κ1) is 9.97. The van der Waals surface area contributed by atoms with E-state index in [1.807, 2.05) is 18.7 Å². The van der Waals surface area contributed by atoms with Crippen LogP contribution in [0.2, 0.25) is 0 Å². The minimum Gasteiger partial charge on any atom is -0.339 e. The van der Waals surface area contributed by atoms with Crippen LogP contribution >= 0.6 is 0 Å². The van der Waals surface area contributed by atoms with Gasteiger partial charge in [0.15, 0.2) is 0 Å². The van der Waals surface area contributed by atoms with Crippen LogP contribution in [0.1, 0.15) is 26.7 Å². The highest BCUT2D eigenvalue weighted by Gasteiger charge is 2.36. The third-order valence-electron chi connectivity index (χ3n) is 3.32. The van der Waals surface area contributed by atoms with Gasteiger partial charge in [-0.2, -0.15) is 0 Å². The van der Waals surface area contributed by atoms with Crippen molar-refractivity contribution in [3.05, 3.63) is 0 Å². The van der Waals surface area contributed by atoms with Crippen LogP contribution in [-0.4, -0.2) is 47.9 Å². The summed E-state index contributed by atoms with van der Waals surface area (Å²) < 4.78 is 0. The second-order valence-electron chi connectivity index (χ2n) is 4.79. The molecule has 80 valence electrons. The van der Waals surface area contributed by atoms with Gasteiger partial charge in [-0.1, -0.05) is 13.8 Å². The average molecular weight is 196 g/mol. The third kappa shape index (κ3) is 1.78. The van der Waals surface area contributed by atoms with Gasteiger partial charge in [-0.25, -0.2) is 0 Å². The van der Waals surface area contributed by atoms with Crippen LogP contribution in [0.5, 0.6) is 0 Å². The predicted molar refractivity (Wildman–Crippen MR) is 56.0 cm³/mol. The van der Waals surface area contributed by atoms with E-state index < -0.39 is 0 Å². The van der Waals surface area contributed by atoms with E-state index in [1.165, 1.54) is 25.9 Å². The van der Waals surface area contributed by atoms with Gasteiger partial charge in [-0.15, -0.1) is 0 Å². The molecule has 0 aromatic heterocycles. The van der Waals surface area contributed by atoms with Gasteiger partial charge in [0.2, 0.25) is 5.91 Å². The quantitative estimate of drug-likeness (QED) is 0.656. The fraction of sp³-hybridized carbons (Fsp3) is 0.909. The Hall–Kier alpha value is -0.570. The zero-order chi connectivity index (χ0) is 10.1. The van der Waals surface area contributed by atoms with E-state index in [2.05, 4.69) is 4.90 Å². The number of nitrogens with zero attached hydrogens (tertiary/aromatic N) is 2. The Balaban J connectivity index is 1.76. The van der Waals surface area contributed by atoms with Gasteiger partial charge in [0.25, 0.3) is 0 Å². The molecule has 0 saturated carbocycles. The van der Waals surface area contributed by atoms with Crippen LogP contribution < -0.4 is 0 Å². The van der Waals surface area contributed by atoms with Crippen LogP contribution in [0.25, 0.3) is 0 Å². The van der Waals surface area contributed by atoms with Crippen molar-refractivity contribution in [3.8, 4) is 0 Å². The van der Waals surface area contributed by atoms with Gasteiger partial charge in [0.1, 0.15) is 0 Å². The van der Waals surface area contributed by atoms with E-state index in [4.69, 9.17) is 0 Å². The lowest BCUT2D eigenvalue weighted by atomic mass is 10.0. The van der Waals surface area contributed by atoms with Crippen LogP contribution in [0, 0.1) is 5.92 Å². The summed E-state index contributed by atoms with van der Waals surface area (Å²) in [4.78, 5) is 16.1.